The van der Waals surface area contributed by atoms with E-state index in [1.807, 2.05) is 6.92 Å². The second-order valence-electron chi connectivity index (χ2n) is 8.99. The van der Waals surface area contributed by atoms with Crippen LogP contribution in [0.1, 0.15) is 68.8 Å². The van der Waals surface area contributed by atoms with Gasteiger partial charge in [0, 0.05) is 30.5 Å². The number of thiol groups is 1. The number of ether oxygens (including phenoxy) is 1. The summed E-state index contributed by atoms with van der Waals surface area (Å²) in [5.74, 6) is -0.0986. The number of imidazole rings is 1. The van der Waals surface area contributed by atoms with Gasteiger partial charge in [0.05, 0.1) is 6.54 Å². The number of rotatable bonds is 9. The van der Waals surface area contributed by atoms with Crippen molar-refractivity contribution in [1.29, 1.82) is 0 Å². The van der Waals surface area contributed by atoms with Crippen molar-refractivity contribution in [3.63, 3.8) is 0 Å². The molecule has 1 aromatic carbocycles. The smallest absolute Gasteiger partial charge is 0.414 e. The van der Waals surface area contributed by atoms with Gasteiger partial charge >= 0.3 is 6.09 Å². The minimum absolute atomic E-state index is 0.0607. The van der Waals surface area contributed by atoms with Gasteiger partial charge in [-0.25, -0.2) is 22.5 Å². The fraction of sp³-hybridized carbons (Fsp3) is 0.522. The second-order valence-corrected chi connectivity index (χ2v) is 10.4. The molecule has 0 radical (unpaired) electrons. The molecule has 0 unspecified atom stereocenters. The highest BCUT2D eigenvalue weighted by molar-refractivity contribution is 7.70. The lowest BCUT2D eigenvalue weighted by molar-refractivity contribution is 0.0589. The first-order valence-electron chi connectivity index (χ1n) is 11.1. The first-order valence-corrected chi connectivity index (χ1v) is 12.6. The summed E-state index contributed by atoms with van der Waals surface area (Å²) >= 11 is 6.48. The molecule has 2 amide bonds. The summed E-state index contributed by atoms with van der Waals surface area (Å²) in [6.45, 7) is 9.56. The lowest BCUT2D eigenvalue weighted by Crippen LogP contribution is -2.34. The van der Waals surface area contributed by atoms with E-state index in [-0.39, 0.29) is 12.2 Å². The summed E-state index contributed by atoms with van der Waals surface area (Å²) in [6, 6.07) is 5.20. The maximum absolute atomic E-state index is 12.7. The Balaban J connectivity index is 2.19. The summed E-state index contributed by atoms with van der Waals surface area (Å²) in [5.41, 5.74) is 0.764. The van der Waals surface area contributed by atoms with Crippen molar-refractivity contribution in [2.75, 3.05) is 18.5 Å². The van der Waals surface area contributed by atoms with Crippen LogP contribution in [0.15, 0.2) is 24.4 Å². The highest BCUT2D eigenvalue weighted by Gasteiger charge is 2.23. The lowest BCUT2D eigenvalue weighted by atomic mass is 10.2. The fourth-order valence-electron chi connectivity index (χ4n) is 3.17. The van der Waals surface area contributed by atoms with Gasteiger partial charge in [0.1, 0.15) is 17.1 Å². The average molecular weight is 513 g/mol. The van der Waals surface area contributed by atoms with Gasteiger partial charge in [-0.3, -0.25) is 9.69 Å². The number of anilines is 1. The van der Waals surface area contributed by atoms with E-state index >= 15 is 0 Å². The maximum atomic E-state index is 12.7. The van der Waals surface area contributed by atoms with Crippen LogP contribution in [-0.2, 0) is 22.2 Å². The minimum atomic E-state index is -3.05. The lowest BCUT2D eigenvalue weighted by Gasteiger charge is -2.25. The number of nitrogens with zero attached hydrogens (tertiary/aromatic N) is 4. The molecule has 0 saturated heterocycles. The third-order valence-corrected chi connectivity index (χ3v) is 6.16. The van der Waals surface area contributed by atoms with Gasteiger partial charge < -0.3 is 9.30 Å². The van der Waals surface area contributed by atoms with Crippen molar-refractivity contribution >= 4 is 40.2 Å². The largest absolute Gasteiger partial charge is 0.443 e. The Morgan fingerprint density at radius 2 is 1.88 bits per heavy atom. The molecule has 2 rings (SSSR count). The standard InChI is InChI=1S/C23H33ClN4O5S/c1-7-8-9-12-28(34(31)32)21(29)20-15-27(16(2)25-20)14-17-10-11-18(13-19(17)24)26(6)22(30)33-23(3,4)5/h10-11,13,15,34H,7-9,12,14H2,1-6H3. The van der Waals surface area contributed by atoms with E-state index in [9.17, 15) is 18.0 Å². The van der Waals surface area contributed by atoms with Gasteiger partial charge in [0.15, 0.2) is 0 Å². The number of aryl methyl sites for hydroxylation is 1. The molecular formula is C23H33ClN4O5S. The average Bonchev–Trinajstić information content (AvgIpc) is 3.10. The van der Waals surface area contributed by atoms with Crippen LogP contribution in [0, 0.1) is 6.92 Å². The number of hydrogen-bond acceptors (Lipinski definition) is 6. The third-order valence-electron chi connectivity index (χ3n) is 5.03. The molecule has 0 aliphatic carbocycles. The molecule has 34 heavy (non-hydrogen) atoms. The number of unbranched alkanes of at least 4 members (excludes halogenated alkanes) is 2. The highest BCUT2D eigenvalue weighted by atomic mass is 35.5. The number of hydrogen-bond donors (Lipinski definition) is 1. The fourth-order valence-corrected chi connectivity index (χ4v) is 3.96. The normalized spacial score (nSPS) is 11.5. The van der Waals surface area contributed by atoms with Crippen LogP contribution in [0.25, 0.3) is 0 Å². The predicted molar refractivity (Wildman–Crippen MR) is 133 cm³/mol. The Morgan fingerprint density at radius 3 is 2.44 bits per heavy atom. The van der Waals surface area contributed by atoms with Crippen molar-refractivity contribution in [3.8, 4) is 0 Å². The molecule has 188 valence electrons. The van der Waals surface area contributed by atoms with Gasteiger partial charge in [0.2, 0.25) is 10.9 Å². The van der Waals surface area contributed by atoms with Crippen molar-refractivity contribution in [1.82, 2.24) is 13.9 Å². The van der Waals surface area contributed by atoms with Crippen LogP contribution in [0.2, 0.25) is 5.02 Å². The van der Waals surface area contributed by atoms with E-state index in [0.717, 1.165) is 22.7 Å². The SMILES string of the molecule is CCCCCN(C(=O)c1cn(Cc2ccc(N(C)C(=O)OC(C)(C)C)cc2Cl)c(C)n1)[SH](=O)=O. The molecule has 0 aliphatic heterocycles. The molecule has 2 aromatic rings. The zero-order valence-electron chi connectivity index (χ0n) is 20.5. The number of carbonyl (C=O) groups is 2. The molecule has 9 nitrogen and oxygen atoms in total. The number of carbonyl (C=O) groups excluding carboxylic acids is 2. The number of benzene rings is 1. The first kappa shape index (κ1) is 27.7. The van der Waals surface area contributed by atoms with Gasteiger partial charge in [-0.15, -0.1) is 0 Å². The van der Waals surface area contributed by atoms with Gasteiger partial charge in [-0.05, 0) is 51.8 Å². The second kappa shape index (κ2) is 11.7. The Hall–Kier alpha value is -2.59. The van der Waals surface area contributed by atoms with Gasteiger partial charge in [0.25, 0.3) is 5.91 Å². The van der Waals surface area contributed by atoms with Gasteiger partial charge in [-0.2, -0.15) is 0 Å². The number of halogens is 1. The first-order chi connectivity index (χ1) is 15.8. The molecule has 0 spiro atoms. The summed E-state index contributed by atoms with van der Waals surface area (Å²) in [5, 5.41) is 0.428. The van der Waals surface area contributed by atoms with Crippen LogP contribution in [0.5, 0.6) is 0 Å². The molecule has 0 N–H and O–H groups in total. The molecule has 1 aromatic heterocycles. The summed E-state index contributed by atoms with van der Waals surface area (Å²) < 4.78 is 31.1. The van der Waals surface area contributed by atoms with Crippen LogP contribution in [0.4, 0.5) is 10.5 Å². The molecule has 0 atom stereocenters. The monoisotopic (exact) mass is 512 g/mol. The number of aromatic nitrogens is 2. The van der Waals surface area contributed by atoms with Crippen LogP contribution in [0.3, 0.4) is 0 Å². The van der Waals surface area contributed by atoms with Crippen LogP contribution >= 0.6 is 11.6 Å². The number of amides is 2. The van der Waals surface area contributed by atoms with Crippen molar-refractivity contribution in [2.24, 2.45) is 0 Å². The Bertz CT molecular complexity index is 1100. The van der Waals surface area contributed by atoms with Crippen molar-refractivity contribution in [3.05, 3.63) is 46.5 Å². The molecule has 0 fully saturated rings. The van der Waals surface area contributed by atoms with Crippen LogP contribution < -0.4 is 4.90 Å². The Labute approximate surface area is 207 Å². The molecule has 0 bridgehead atoms. The summed E-state index contributed by atoms with van der Waals surface area (Å²) in [6.07, 6.45) is 3.38. The van der Waals surface area contributed by atoms with Crippen molar-refractivity contribution in [2.45, 2.75) is 66.0 Å². The predicted octanol–water partition coefficient (Wildman–Crippen LogP) is 4.42. The zero-order chi connectivity index (χ0) is 25.6. The third kappa shape index (κ3) is 7.46. The highest BCUT2D eigenvalue weighted by Crippen LogP contribution is 2.25. The topological polar surface area (TPSA) is 102 Å². The summed E-state index contributed by atoms with van der Waals surface area (Å²) in [7, 11) is -1.45. The Morgan fingerprint density at radius 1 is 1.21 bits per heavy atom. The zero-order valence-corrected chi connectivity index (χ0v) is 22.2. The Kier molecular flexibility index (Phi) is 9.52. The van der Waals surface area contributed by atoms with E-state index in [1.165, 1.54) is 11.1 Å². The molecule has 0 aliphatic rings. The minimum Gasteiger partial charge on any atom is -0.443 e. The van der Waals surface area contributed by atoms with E-state index in [2.05, 4.69) is 4.98 Å². The van der Waals surface area contributed by atoms with E-state index in [1.54, 1.807) is 57.5 Å². The molecule has 11 heteroatoms. The molecule has 0 saturated carbocycles. The summed E-state index contributed by atoms with van der Waals surface area (Å²) in [4.78, 5) is 30.7. The van der Waals surface area contributed by atoms with E-state index < -0.39 is 28.5 Å². The van der Waals surface area contributed by atoms with Crippen LogP contribution in [-0.4, -0.2) is 53.5 Å². The maximum Gasteiger partial charge on any atom is 0.414 e. The molecule has 1 heterocycles. The van der Waals surface area contributed by atoms with E-state index in [4.69, 9.17) is 16.3 Å². The van der Waals surface area contributed by atoms with Crippen molar-refractivity contribution < 1.29 is 22.7 Å². The quantitative estimate of drug-likeness (QED) is 0.394. The van der Waals surface area contributed by atoms with E-state index in [0.29, 0.717) is 29.5 Å². The van der Waals surface area contributed by atoms with Gasteiger partial charge in [-0.1, -0.05) is 37.4 Å². The molecular weight excluding hydrogens is 480 g/mol.